The lowest BCUT2D eigenvalue weighted by atomic mass is 10.1. The zero-order valence-electron chi connectivity index (χ0n) is 21.1. The zero-order chi connectivity index (χ0) is 25.2. The first kappa shape index (κ1) is 24.1. The van der Waals surface area contributed by atoms with E-state index >= 15 is 0 Å². The number of aliphatic hydroxyl groups excluding tert-OH is 1. The van der Waals surface area contributed by atoms with E-state index in [9.17, 15) is 9.90 Å². The topological polar surface area (TPSA) is 67.6 Å². The minimum atomic E-state index is -0.724. The lowest BCUT2D eigenvalue weighted by molar-refractivity contribution is -0.117. The minimum Gasteiger partial charge on any atom is -0.491 e. The molecule has 0 aliphatic carbocycles. The van der Waals surface area contributed by atoms with Gasteiger partial charge in [0, 0.05) is 24.6 Å². The molecule has 2 atom stereocenters. The molecular formula is C30H33N3O3. The highest BCUT2D eigenvalue weighted by Crippen LogP contribution is 2.33. The maximum absolute atomic E-state index is 13.0. The van der Waals surface area contributed by atoms with E-state index in [1.54, 1.807) is 0 Å². The molecule has 0 radical (unpaired) electrons. The van der Waals surface area contributed by atoms with Gasteiger partial charge in [-0.3, -0.25) is 4.79 Å². The van der Waals surface area contributed by atoms with Gasteiger partial charge in [0.25, 0.3) is 0 Å². The van der Waals surface area contributed by atoms with Crippen LogP contribution in [0.3, 0.4) is 0 Å². The van der Waals surface area contributed by atoms with Crippen molar-refractivity contribution in [1.29, 1.82) is 0 Å². The van der Waals surface area contributed by atoms with Crippen LogP contribution in [0.25, 0.3) is 11.0 Å². The number of anilines is 1. The number of hydrogen-bond donors (Lipinski definition) is 1. The van der Waals surface area contributed by atoms with Crippen molar-refractivity contribution in [3.05, 3.63) is 89.2 Å². The summed E-state index contributed by atoms with van der Waals surface area (Å²) in [6.45, 7) is 7.33. The van der Waals surface area contributed by atoms with Crippen LogP contribution >= 0.6 is 0 Å². The summed E-state index contributed by atoms with van der Waals surface area (Å²) < 4.78 is 7.96. The van der Waals surface area contributed by atoms with Gasteiger partial charge in [-0.05, 0) is 73.4 Å². The van der Waals surface area contributed by atoms with Crippen molar-refractivity contribution in [2.75, 3.05) is 18.1 Å². The number of ether oxygens (including phenoxy) is 1. The van der Waals surface area contributed by atoms with Crippen LogP contribution < -0.4 is 9.64 Å². The molecule has 5 rings (SSSR count). The molecule has 1 amide bonds. The van der Waals surface area contributed by atoms with E-state index < -0.39 is 6.10 Å². The highest BCUT2D eigenvalue weighted by molar-refractivity contribution is 5.96. The number of hydrogen-bond acceptors (Lipinski definition) is 4. The zero-order valence-corrected chi connectivity index (χ0v) is 21.1. The van der Waals surface area contributed by atoms with E-state index in [0.29, 0.717) is 19.5 Å². The van der Waals surface area contributed by atoms with Crippen molar-refractivity contribution in [1.82, 2.24) is 9.55 Å². The third-order valence-electron chi connectivity index (χ3n) is 7.14. The number of aryl methyl sites for hydroxylation is 3. The van der Waals surface area contributed by atoms with Crippen LogP contribution in [0.1, 0.15) is 41.8 Å². The molecule has 4 aromatic rings. The number of nitrogens with zero attached hydrogens (tertiary/aromatic N) is 3. The number of benzene rings is 3. The Labute approximate surface area is 212 Å². The SMILES string of the molecule is CCc1ccc(N2C[C@@H](c3nc4ccccc4n3C[C@@H](O)COc3ccc(C)c(C)c3)CC2=O)cc1. The molecule has 1 aliphatic heterocycles. The molecule has 186 valence electrons. The molecule has 6 nitrogen and oxygen atoms in total. The number of amides is 1. The van der Waals surface area contributed by atoms with E-state index in [1.165, 1.54) is 11.1 Å². The van der Waals surface area contributed by atoms with Crippen molar-refractivity contribution in [2.45, 2.75) is 52.2 Å². The van der Waals surface area contributed by atoms with Crippen LogP contribution in [0.2, 0.25) is 0 Å². The van der Waals surface area contributed by atoms with Gasteiger partial charge in [0.05, 0.1) is 17.6 Å². The van der Waals surface area contributed by atoms with Crippen molar-refractivity contribution in [2.24, 2.45) is 0 Å². The fourth-order valence-electron chi connectivity index (χ4n) is 4.90. The normalized spacial score (nSPS) is 16.6. The highest BCUT2D eigenvalue weighted by Gasteiger charge is 2.35. The first-order chi connectivity index (χ1) is 17.4. The molecule has 0 bridgehead atoms. The highest BCUT2D eigenvalue weighted by atomic mass is 16.5. The van der Waals surface area contributed by atoms with Crippen LogP contribution in [0, 0.1) is 13.8 Å². The number of rotatable bonds is 8. The maximum atomic E-state index is 13.0. The Balaban J connectivity index is 1.36. The molecule has 1 aliphatic rings. The molecule has 3 aromatic carbocycles. The number of carbonyl (C=O) groups excluding carboxylic acids is 1. The summed E-state index contributed by atoms with van der Waals surface area (Å²) >= 11 is 0. The fourth-order valence-corrected chi connectivity index (χ4v) is 4.90. The molecule has 6 heteroatoms. The number of aliphatic hydroxyl groups is 1. The third-order valence-corrected chi connectivity index (χ3v) is 7.14. The number of aromatic nitrogens is 2. The van der Waals surface area contributed by atoms with Gasteiger partial charge in [0.2, 0.25) is 5.91 Å². The Morgan fingerprint density at radius 1 is 1.06 bits per heavy atom. The van der Waals surface area contributed by atoms with E-state index in [2.05, 4.69) is 30.5 Å². The monoisotopic (exact) mass is 483 g/mol. The Hall–Kier alpha value is -3.64. The van der Waals surface area contributed by atoms with E-state index in [4.69, 9.17) is 9.72 Å². The first-order valence-electron chi connectivity index (χ1n) is 12.7. The Morgan fingerprint density at radius 2 is 1.83 bits per heavy atom. The smallest absolute Gasteiger partial charge is 0.227 e. The van der Waals surface area contributed by atoms with Crippen LogP contribution in [-0.2, 0) is 17.8 Å². The Morgan fingerprint density at radius 3 is 2.58 bits per heavy atom. The van der Waals surface area contributed by atoms with Crippen LogP contribution in [0.5, 0.6) is 5.75 Å². The fraction of sp³-hybridized carbons (Fsp3) is 0.333. The van der Waals surface area contributed by atoms with Crippen molar-refractivity contribution in [3.63, 3.8) is 0 Å². The number of fused-ring (bicyclic) bond motifs is 1. The molecule has 1 fully saturated rings. The Bertz CT molecular complexity index is 1380. The average Bonchev–Trinajstić information content (AvgIpc) is 3.45. The predicted molar refractivity (Wildman–Crippen MR) is 143 cm³/mol. The number of para-hydroxylation sites is 2. The average molecular weight is 484 g/mol. The van der Waals surface area contributed by atoms with E-state index in [1.807, 2.05) is 66.4 Å². The van der Waals surface area contributed by atoms with Crippen molar-refractivity contribution in [3.8, 4) is 5.75 Å². The van der Waals surface area contributed by atoms with E-state index in [-0.39, 0.29) is 18.4 Å². The summed E-state index contributed by atoms with van der Waals surface area (Å²) in [5.41, 5.74) is 6.36. The van der Waals surface area contributed by atoms with Crippen LogP contribution in [-0.4, -0.2) is 39.8 Å². The number of carbonyl (C=O) groups is 1. The lowest BCUT2D eigenvalue weighted by Gasteiger charge is -2.19. The lowest BCUT2D eigenvalue weighted by Crippen LogP contribution is -2.26. The van der Waals surface area contributed by atoms with Crippen LogP contribution in [0.15, 0.2) is 66.7 Å². The molecular weight excluding hydrogens is 450 g/mol. The molecule has 0 spiro atoms. The summed E-state index contributed by atoms with van der Waals surface area (Å²) in [6, 6.07) is 22.1. The summed E-state index contributed by atoms with van der Waals surface area (Å²) in [6.07, 6.45) is 0.641. The summed E-state index contributed by atoms with van der Waals surface area (Å²) in [7, 11) is 0. The summed E-state index contributed by atoms with van der Waals surface area (Å²) in [4.78, 5) is 19.8. The standard InChI is InChI=1S/C30H33N3O3/c1-4-22-10-12-24(13-11-22)32-17-23(16-29(32)35)30-31-27-7-5-6-8-28(27)33(30)18-25(34)19-36-26-14-9-20(2)21(3)15-26/h5-15,23,25,34H,4,16-19H2,1-3H3/t23-,25+/m0/s1. The molecule has 0 saturated carbocycles. The van der Waals surface area contributed by atoms with Gasteiger partial charge in [0.15, 0.2) is 0 Å². The third kappa shape index (κ3) is 4.86. The van der Waals surface area contributed by atoms with E-state index in [0.717, 1.165) is 40.3 Å². The quantitative estimate of drug-likeness (QED) is 0.375. The summed E-state index contributed by atoms with van der Waals surface area (Å²) in [5.74, 6) is 1.63. The molecule has 36 heavy (non-hydrogen) atoms. The second kappa shape index (κ2) is 10.2. The van der Waals surface area contributed by atoms with Gasteiger partial charge < -0.3 is 19.3 Å². The maximum Gasteiger partial charge on any atom is 0.227 e. The van der Waals surface area contributed by atoms with Gasteiger partial charge in [-0.2, -0.15) is 0 Å². The van der Waals surface area contributed by atoms with Crippen molar-refractivity contribution < 1.29 is 14.6 Å². The molecule has 2 heterocycles. The predicted octanol–water partition coefficient (Wildman–Crippen LogP) is 5.18. The second-order valence-electron chi connectivity index (χ2n) is 9.71. The largest absolute Gasteiger partial charge is 0.491 e. The van der Waals surface area contributed by atoms with Gasteiger partial charge in [-0.25, -0.2) is 4.98 Å². The molecule has 0 unspecified atom stereocenters. The van der Waals surface area contributed by atoms with Gasteiger partial charge in [-0.15, -0.1) is 0 Å². The Kier molecular flexibility index (Phi) is 6.79. The molecule has 1 saturated heterocycles. The van der Waals surface area contributed by atoms with Crippen LogP contribution in [0.4, 0.5) is 5.69 Å². The van der Waals surface area contributed by atoms with Gasteiger partial charge in [-0.1, -0.05) is 37.3 Å². The van der Waals surface area contributed by atoms with Crippen molar-refractivity contribution >= 4 is 22.6 Å². The first-order valence-corrected chi connectivity index (χ1v) is 12.7. The minimum absolute atomic E-state index is 0.0522. The molecule has 1 aromatic heterocycles. The van der Waals surface area contributed by atoms with Gasteiger partial charge >= 0.3 is 0 Å². The second-order valence-corrected chi connectivity index (χ2v) is 9.71. The van der Waals surface area contributed by atoms with Gasteiger partial charge in [0.1, 0.15) is 24.3 Å². The number of imidazole rings is 1. The molecule has 1 N–H and O–H groups in total. The summed E-state index contributed by atoms with van der Waals surface area (Å²) in [5, 5.41) is 10.9.